The van der Waals surface area contributed by atoms with Gasteiger partial charge in [-0.15, -0.1) is 0 Å². The lowest BCUT2D eigenvalue weighted by Crippen LogP contribution is -2.06. The molecule has 0 unspecified atom stereocenters. The van der Waals surface area contributed by atoms with Crippen LogP contribution in [0.4, 0.5) is 28.7 Å². The van der Waals surface area contributed by atoms with Gasteiger partial charge in [-0.25, -0.2) is 9.97 Å². The van der Waals surface area contributed by atoms with Gasteiger partial charge in [0.25, 0.3) is 0 Å². The highest BCUT2D eigenvalue weighted by atomic mass is 35.5. The van der Waals surface area contributed by atoms with Crippen LogP contribution in [0.15, 0.2) is 42.7 Å². The minimum Gasteiger partial charge on any atom is -0.393 e. The van der Waals surface area contributed by atoms with E-state index in [1.807, 2.05) is 37.3 Å². The molecule has 4 N–H and O–H groups in total. The second kappa shape index (κ2) is 6.99. The van der Waals surface area contributed by atoms with Gasteiger partial charge in [0.1, 0.15) is 12.0 Å². The zero-order chi connectivity index (χ0) is 18.0. The normalized spacial score (nSPS) is 10.6. The van der Waals surface area contributed by atoms with Crippen LogP contribution in [0.1, 0.15) is 16.7 Å². The fraction of sp³-hybridized carbons (Fsp3) is 0.158. The first-order chi connectivity index (χ1) is 12.0. The van der Waals surface area contributed by atoms with E-state index in [9.17, 15) is 0 Å². The molecular weight excluding hydrogens is 334 g/mol. The Morgan fingerprint density at radius 2 is 1.40 bits per heavy atom. The fourth-order valence-electron chi connectivity index (χ4n) is 2.48. The third kappa shape index (κ3) is 3.51. The number of benzene rings is 2. The molecule has 0 amide bonds. The predicted octanol–water partition coefficient (Wildman–Crippen LogP) is 5.12. The summed E-state index contributed by atoms with van der Waals surface area (Å²) in [7, 11) is 0. The molecule has 0 spiro atoms. The van der Waals surface area contributed by atoms with Crippen molar-refractivity contribution in [3.05, 3.63) is 64.4 Å². The number of hydrogen-bond acceptors (Lipinski definition) is 5. The van der Waals surface area contributed by atoms with Gasteiger partial charge < -0.3 is 16.4 Å². The molecule has 0 fully saturated rings. The Kier molecular flexibility index (Phi) is 4.76. The number of anilines is 5. The maximum atomic E-state index is 6.27. The monoisotopic (exact) mass is 353 g/mol. The van der Waals surface area contributed by atoms with Gasteiger partial charge in [0, 0.05) is 16.4 Å². The summed E-state index contributed by atoms with van der Waals surface area (Å²) in [6.07, 6.45) is 1.48. The van der Waals surface area contributed by atoms with E-state index < -0.39 is 0 Å². The van der Waals surface area contributed by atoms with Crippen LogP contribution < -0.4 is 16.4 Å². The molecule has 2 aromatic carbocycles. The lowest BCUT2D eigenvalue weighted by atomic mass is 10.1. The van der Waals surface area contributed by atoms with E-state index in [0.29, 0.717) is 22.3 Å². The number of halogens is 1. The zero-order valence-corrected chi connectivity index (χ0v) is 15.1. The number of nitrogen functional groups attached to an aromatic ring is 1. The van der Waals surface area contributed by atoms with Crippen LogP contribution in [0.3, 0.4) is 0 Å². The number of hydrogen-bond donors (Lipinski definition) is 3. The molecule has 1 heterocycles. The predicted molar refractivity (Wildman–Crippen MR) is 105 cm³/mol. The van der Waals surface area contributed by atoms with Gasteiger partial charge in [-0.2, -0.15) is 0 Å². The lowest BCUT2D eigenvalue weighted by Gasteiger charge is -2.15. The van der Waals surface area contributed by atoms with Crippen LogP contribution in [0.25, 0.3) is 0 Å². The molecule has 25 heavy (non-hydrogen) atoms. The molecule has 0 aliphatic rings. The van der Waals surface area contributed by atoms with Gasteiger partial charge in [-0.1, -0.05) is 29.8 Å². The summed E-state index contributed by atoms with van der Waals surface area (Å²) in [4.78, 5) is 8.53. The highest BCUT2D eigenvalue weighted by molar-refractivity contribution is 6.31. The summed E-state index contributed by atoms with van der Waals surface area (Å²) in [5.41, 5.74) is 11.8. The number of rotatable bonds is 4. The Morgan fingerprint density at radius 1 is 0.840 bits per heavy atom. The molecule has 3 rings (SSSR count). The largest absolute Gasteiger partial charge is 0.393 e. The van der Waals surface area contributed by atoms with E-state index >= 15 is 0 Å². The lowest BCUT2D eigenvalue weighted by molar-refractivity contribution is 1.17. The van der Waals surface area contributed by atoms with Crippen LogP contribution in [-0.4, -0.2) is 9.97 Å². The SMILES string of the molecule is Cc1cccc(Nc2ncnc(Nc3cccc(Cl)c3C)c2N)c1C. The van der Waals surface area contributed by atoms with E-state index in [-0.39, 0.29) is 0 Å². The van der Waals surface area contributed by atoms with Crippen molar-refractivity contribution in [3.8, 4) is 0 Å². The van der Waals surface area contributed by atoms with Crippen LogP contribution in [0, 0.1) is 20.8 Å². The second-order valence-corrected chi connectivity index (χ2v) is 6.30. The van der Waals surface area contributed by atoms with Gasteiger partial charge in [0.05, 0.1) is 0 Å². The molecular formula is C19H20ClN5. The molecule has 1 aromatic heterocycles. The number of aromatic nitrogens is 2. The summed E-state index contributed by atoms with van der Waals surface area (Å²) in [6, 6.07) is 11.7. The van der Waals surface area contributed by atoms with Crippen LogP contribution in [-0.2, 0) is 0 Å². The van der Waals surface area contributed by atoms with Gasteiger partial charge in [0.15, 0.2) is 11.6 Å². The van der Waals surface area contributed by atoms with E-state index in [0.717, 1.165) is 22.5 Å². The molecule has 6 heteroatoms. The molecule has 0 radical (unpaired) electrons. The summed E-state index contributed by atoms with van der Waals surface area (Å²) in [6.45, 7) is 6.07. The highest BCUT2D eigenvalue weighted by Crippen LogP contribution is 2.32. The van der Waals surface area contributed by atoms with Crippen LogP contribution in [0.5, 0.6) is 0 Å². The van der Waals surface area contributed by atoms with Crippen molar-refractivity contribution >= 4 is 40.3 Å². The first kappa shape index (κ1) is 17.0. The fourth-order valence-corrected chi connectivity index (χ4v) is 2.65. The minimum atomic E-state index is 0.447. The van der Waals surface area contributed by atoms with Crippen molar-refractivity contribution < 1.29 is 0 Å². The van der Waals surface area contributed by atoms with Gasteiger partial charge in [0.2, 0.25) is 0 Å². The molecule has 0 aliphatic carbocycles. The number of nitrogens with two attached hydrogens (primary N) is 1. The van der Waals surface area contributed by atoms with E-state index in [1.54, 1.807) is 0 Å². The minimum absolute atomic E-state index is 0.447. The molecule has 3 aromatic rings. The van der Waals surface area contributed by atoms with Gasteiger partial charge >= 0.3 is 0 Å². The zero-order valence-electron chi connectivity index (χ0n) is 14.4. The van der Waals surface area contributed by atoms with Crippen molar-refractivity contribution in [2.45, 2.75) is 20.8 Å². The van der Waals surface area contributed by atoms with E-state index in [2.05, 4.69) is 40.5 Å². The maximum Gasteiger partial charge on any atom is 0.159 e. The maximum absolute atomic E-state index is 6.27. The molecule has 128 valence electrons. The highest BCUT2D eigenvalue weighted by Gasteiger charge is 2.11. The Bertz CT molecular complexity index is 852. The Labute approximate surface area is 152 Å². The van der Waals surface area contributed by atoms with Crippen molar-refractivity contribution in [1.29, 1.82) is 0 Å². The molecule has 0 saturated carbocycles. The van der Waals surface area contributed by atoms with Crippen molar-refractivity contribution in [2.75, 3.05) is 16.4 Å². The second-order valence-electron chi connectivity index (χ2n) is 5.89. The number of nitrogens with zero attached hydrogens (tertiary/aromatic N) is 2. The Morgan fingerprint density at radius 3 is 2.04 bits per heavy atom. The average molecular weight is 354 g/mol. The van der Waals surface area contributed by atoms with Gasteiger partial charge in [-0.05, 0) is 55.7 Å². The smallest absolute Gasteiger partial charge is 0.159 e. The Hall–Kier alpha value is -2.79. The van der Waals surface area contributed by atoms with Crippen molar-refractivity contribution in [3.63, 3.8) is 0 Å². The molecule has 0 aliphatic heterocycles. The van der Waals surface area contributed by atoms with Crippen molar-refractivity contribution in [1.82, 2.24) is 9.97 Å². The topological polar surface area (TPSA) is 75.9 Å². The third-order valence-corrected chi connectivity index (χ3v) is 4.67. The first-order valence-corrected chi connectivity index (χ1v) is 8.31. The number of nitrogens with one attached hydrogen (secondary N) is 2. The van der Waals surface area contributed by atoms with Crippen LogP contribution >= 0.6 is 11.6 Å². The van der Waals surface area contributed by atoms with E-state index in [4.69, 9.17) is 17.3 Å². The van der Waals surface area contributed by atoms with E-state index in [1.165, 1.54) is 11.9 Å². The van der Waals surface area contributed by atoms with Crippen molar-refractivity contribution in [2.24, 2.45) is 0 Å². The third-order valence-electron chi connectivity index (χ3n) is 4.26. The molecule has 5 nitrogen and oxygen atoms in total. The summed E-state index contributed by atoms with van der Waals surface area (Å²) in [5.74, 6) is 1.10. The summed E-state index contributed by atoms with van der Waals surface area (Å²) < 4.78 is 0. The average Bonchev–Trinajstić information content (AvgIpc) is 2.59. The number of aryl methyl sites for hydroxylation is 1. The Balaban J connectivity index is 1.92. The van der Waals surface area contributed by atoms with Crippen LogP contribution in [0.2, 0.25) is 5.02 Å². The van der Waals surface area contributed by atoms with Gasteiger partial charge in [-0.3, -0.25) is 0 Å². The molecule has 0 bridgehead atoms. The standard InChI is InChI=1S/C19H20ClN5/c1-11-6-4-8-15(12(11)2)24-18-17(21)19(23-10-22-18)25-16-9-5-7-14(20)13(16)3/h4-10H,21H2,1-3H3,(H2,22,23,24,25). The quantitative estimate of drug-likeness (QED) is 0.606. The first-order valence-electron chi connectivity index (χ1n) is 7.93. The molecule has 0 saturated heterocycles. The summed E-state index contributed by atoms with van der Waals surface area (Å²) >= 11 is 6.17. The summed E-state index contributed by atoms with van der Waals surface area (Å²) in [5, 5.41) is 7.21. The molecule has 0 atom stereocenters.